The maximum absolute atomic E-state index is 13.1. The van der Waals surface area contributed by atoms with Crippen LogP contribution < -0.4 is 0 Å². The van der Waals surface area contributed by atoms with Gasteiger partial charge in [-0.2, -0.15) is 5.26 Å². The molecule has 0 saturated heterocycles. The van der Waals surface area contributed by atoms with E-state index in [0.29, 0.717) is 10.5 Å². The molecule has 1 nitrogen and oxygen atoms in total. The Hall–Kier alpha value is -0.720. The van der Waals surface area contributed by atoms with Gasteiger partial charge in [-0.3, -0.25) is 0 Å². The Morgan fingerprint density at radius 3 is 2.75 bits per heavy atom. The van der Waals surface area contributed by atoms with Crippen molar-refractivity contribution in [2.24, 2.45) is 0 Å². The second-order valence-corrected chi connectivity index (χ2v) is 3.28. The van der Waals surface area contributed by atoms with E-state index in [-0.39, 0.29) is 5.02 Å². The van der Waals surface area contributed by atoms with Crippen LogP contribution in [0.5, 0.6) is 0 Å². The van der Waals surface area contributed by atoms with Crippen LogP contribution in [0.25, 0.3) is 0 Å². The standard InChI is InChI=1S/C8H5ClFNS/c1-12-8-5(4-11)2-3-6(9)7(8)10/h2-3H,1H3. The fourth-order valence-electron chi connectivity index (χ4n) is 0.820. The molecule has 0 aromatic heterocycles. The van der Waals surface area contributed by atoms with Gasteiger partial charge in [0.05, 0.1) is 15.5 Å². The Balaban J connectivity index is 3.38. The Kier molecular flexibility index (Phi) is 2.96. The van der Waals surface area contributed by atoms with Crippen LogP contribution in [0.2, 0.25) is 5.02 Å². The lowest BCUT2D eigenvalue weighted by Gasteiger charge is -2.02. The van der Waals surface area contributed by atoms with Crippen LogP contribution >= 0.6 is 23.4 Å². The highest BCUT2D eigenvalue weighted by molar-refractivity contribution is 7.98. The molecule has 0 fully saturated rings. The molecule has 1 aromatic carbocycles. The number of nitrogens with zero attached hydrogens (tertiary/aromatic N) is 1. The van der Waals surface area contributed by atoms with Crippen LogP contribution in [-0.4, -0.2) is 6.26 Å². The lowest BCUT2D eigenvalue weighted by atomic mass is 10.2. The summed E-state index contributed by atoms with van der Waals surface area (Å²) in [6, 6.07) is 4.79. The third-order valence-electron chi connectivity index (χ3n) is 1.37. The highest BCUT2D eigenvalue weighted by atomic mass is 35.5. The SMILES string of the molecule is CSc1c(C#N)ccc(Cl)c1F. The molecule has 0 unspecified atom stereocenters. The zero-order valence-corrected chi connectivity index (χ0v) is 7.84. The highest BCUT2D eigenvalue weighted by Crippen LogP contribution is 2.28. The number of nitriles is 1. The van der Waals surface area contributed by atoms with Crippen LogP contribution in [-0.2, 0) is 0 Å². The van der Waals surface area contributed by atoms with E-state index in [9.17, 15) is 4.39 Å². The van der Waals surface area contributed by atoms with Gasteiger partial charge in [0.1, 0.15) is 6.07 Å². The molecule has 0 bridgehead atoms. The summed E-state index contributed by atoms with van der Waals surface area (Å²) in [5.41, 5.74) is 0.324. The molecule has 0 amide bonds. The van der Waals surface area contributed by atoms with Gasteiger partial charge >= 0.3 is 0 Å². The summed E-state index contributed by atoms with van der Waals surface area (Å²) in [5, 5.41) is 8.65. The Morgan fingerprint density at radius 1 is 1.58 bits per heavy atom. The van der Waals surface area contributed by atoms with Crippen molar-refractivity contribution >= 4 is 23.4 Å². The summed E-state index contributed by atoms with van der Waals surface area (Å²) in [7, 11) is 0. The van der Waals surface area contributed by atoms with Gasteiger partial charge in [0.25, 0.3) is 0 Å². The molecule has 0 N–H and O–H groups in total. The number of hydrogen-bond donors (Lipinski definition) is 0. The predicted molar refractivity (Wildman–Crippen MR) is 47.9 cm³/mol. The van der Waals surface area contributed by atoms with Gasteiger partial charge in [0.15, 0.2) is 5.82 Å². The average Bonchev–Trinajstić information content (AvgIpc) is 2.09. The third-order valence-corrected chi connectivity index (χ3v) is 2.47. The first-order valence-corrected chi connectivity index (χ1v) is 4.73. The second kappa shape index (κ2) is 3.79. The molecule has 0 saturated carbocycles. The minimum atomic E-state index is -0.511. The summed E-state index contributed by atoms with van der Waals surface area (Å²) >= 11 is 6.70. The minimum absolute atomic E-state index is 0.0540. The Labute approximate surface area is 79.1 Å². The normalized spacial score (nSPS) is 9.50. The molecule has 12 heavy (non-hydrogen) atoms. The zero-order chi connectivity index (χ0) is 9.14. The first-order valence-electron chi connectivity index (χ1n) is 3.12. The van der Waals surface area contributed by atoms with Crippen molar-refractivity contribution in [2.75, 3.05) is 6.26 Å². The van der Waals surface area contributed by atoms with Gasteiger partial charge in [0, 0.05) is 0 Å². The molecule has 0 radical (unpaired) electrons. The van der Waals surface area contributed by atoms with Crippen molar-refractivity contribution in [3.63, 3.8) is 0 Å². The molecule has 0 heterocycles. The molecular weight excluding hydrogens is 197 g/mol. The summed E-state index contributed by atoms with van der Waals surface area (Å²) in [5.74, 6) is -0.511. The van der Waals surface area contributed by atoms with E-state index in [1.54, 1.807) is 6.26 Å². The third kappa shape index (κ3) is 1.55. The fourth-order valence-corrected chi connectivity index (χ4v) is 1.66. The second-order valence-electron chi connectivity index (χ2n) is 2.05. The largest absolute Gasteiger partial charge is 0.204 e. The van der Waals surface area contributed by atoms with Crippen molar-refractivity contribution in [1.29, 1.82) is 5.26 Å². The predicted octanol–water partition coefficient (Wildman–Crippen LogP) is 3.07. The number of benzene rings is 1. The van der Waals surface area contributed by atoms with Gasteiger partial charge in [-0.25, -0.2) is 4.39 Å². The van der Waals surface area contributed by atoms with Crippen molar-refractivity contribution in [3.05, 3.63) is 28.5 Å². The number of thioether (sulfide) groups is 1. The number of rotatable bonds is 1. The summed E-state index contributed by atoms with van der Waals surface area (Å²) in [6.07, 6.45) is 1.70. The first kappa shape index (κ1) is 9.37. The van der Waals surface area contributed by atoms with E-state index in [2.05, 4.69) is 0 Å². The van der Waals surface area contributed by atoms with E-state index in [1.807, 2.05) is 6.07 Å². The number of halogens is 2. The molecule has 4 heteroatoms. The van der Waals surface area contributed by atoms with Crippen LogP contribution in [0.1, 0.15) is 5.56 Å². The fraction of sp³-hybridized carbons (Fsp3) is 0.125. The van der Waals surface area contributed by atoms with E-state index in [1.165, 1.54) is 23.9 Å². The van der Waals surface area contributed by atoms with Crippen LogP contribution in [0.4, 0.5) is 4.39 Å². The lowest BCUT2D eigenvalue weighted by molar-refractivity contribution is 0.601. The van der Waals surface area contributed by atoms with Crippen LogP contribution in [0, 0.1) is 17.1 Å². The van der Waals surface area contributed by atoms with Crippen molar-refractivity contribution in [3.8, 4) is 6.07 Å². The lowest BCUT2D eigenvalue weighted by Crippen LogP contribution is -1.87. The van der Waals surface area contributed by atoms with Crippen molar-refractivity contribution < 1.29 is 4.39 Å². The molecule has 0 aliphatic rings. The van der Waals surface area contributed by atoms with Crippen molar-refractivity contribution in [2.45, 2.75) is 4.90 Å². The summed E-state index contributed by atoms with van der Waals surface area (Å²) in [4.78, 5) is 0.310. The van der Waals surface area contributed by atoms with E-state index >= 15 is 0 Å². The molecule has 0 spiro atoms. The maximum Gasteiger partial charge on any atom is 0.156 e. The Morgan fingerprint density at radius 2 is 2.25 bits per heavy atom. The topological polar surface area (TPSA) is 23.8 Å². The average molecular weight is 202 g/mol. The van der Waals surface area contributed by atoms with E-state index in [4.69, 9.17) is 16.9 Å². The number of hydrogen-bond acceptors (Lipinski definition) is 2. The summed E-state index contributed by atoms with van der Waals surface area (Å²) in [6.45, 7) is 0. The monoisotopic (exact) mass is 201 g/mol. The molecule has 62 valence electrons. The Bertz CT molecular complexity index is 346. The zero-order valence-electron chi connectivity index (χ0n) is 6.27. The quantitative estimate of drug-likeness (QED) is 0.652. The van der Waals surface area contributed by atoms with Gasteiger partial charge in [-0.05, 0) is 18.4 Å². The molecule has 1 aromatic rings. The van der Waals surface area contributed by atoms with Gasteiger partial charge in [0.2, 0.25) is 0 Å². The molecule has 0 aliphatic heterocycles. The van der Waals surface area contributed by atoms with Gasteiger partial charge in [-0.1, -0.05) is 11.6 Å². The molecule has 1 rings (SSSR count). The minimum Gasteiger partial charge on any atom is -0.204 e. The van der Waals surface area contributed by atoms with Gasteiger partial charge in [-0.15, -0.1) is 11.8 Å². The molecule has 0 aliphatic carbocycles. The maximum atomic E-state index is 13.1. The van der Waals surface area contributed by atoms with Gasteiger partial charge < -0.3 is 0 Å². The summed E-state index contributed by atoms with van der Waals surface area (Å²) < 4.78 is 13.1. The molecule has 0 atom stereocenters. The van der Waals surface area contributed by atoms with Crippen molar-refractivity contribution in [1.82, 2.24) is 0 Å². The van der Waals surface area contributed by atoms with Crippen LogP contribution in [0.3, 0.4) is 0 Å². The van der Waals surface area contributed by atoms with E-state index < -0.39 is 5.82 Å². The van der Waals surface area contributed by atoms with E-state index in [0.717, 1.165) is 0 Å². The smallest absolute Gasteiger partial charge is 0.156 e. The van der Waals surface area contributed by atoms with Crippen LogP contribution in [0.15, 0.2) is 17.0 Å². The molecular formula is C8H5ClFNS. The first-order chi connectivity index (χ1) is 5.70. The highest BCUT2D eigenvalue weighted by Gasteiger charge is 2.10.